The number of aliphatic hydroxyl groups is 1. The molecule has 0 bridgehead atoms. The van der Waals surface area contributed by atoms with E-state index in [0.29, 0.717) is 18.0 Å². The zero-order valence-electron chi connectivity index (χ0n) is 20.2. The highest BCUT2D eigenvalue weighted by atomic mass is 16.5. The van der Waals surface area contributed by atoms with Crippen LogP contribution in [0.1, 0.15) is 59.1 Å². The number of aromatic amines is 1. The molecule has 0 radical (unpaired) electrons. The van der Waals surface area contributed by atoms with Crippen molar-refractivity contribution in [3.05, 3.63) is 95.2 Å². The number of hydrogen-bond donors (Lipinski definition) is 2. The topological polar surface area (TPSA) is 101 Å². The van der Waals surface area contributed by atoms with Crippen molar-refractivity contribution in [3.8, 4) is 11.1 Å². The lowest BCUT2D eigenvalue weighted by atomic mass is 10.0. The summed E-state index contributed by atoms with van der Waals surface area (Å²) in [6.45, 7) is 6.05. The summed E-state index contributed by atoms with van der Waals surface area (Å²) in [5, 5.41) is 13.9. The number of fused-ring (bicyclic) bond motifs is 1. The quantitative estimate of drug-likeness (QED) is 0.340. The highest BCUT2D eigenvalue weighted by Gasteiger charge is 2.27. The number of hydrogen-bond acceptors (Lipinski definition) is 6. The van der Waals surface area contributed by atoms with Crippen molar-refractivity contribution in [1.82, 2.24) is 25.1 Å². The number of nitrogens with one attached hydrogen (secondary N) is 1. The molecule has 1 aromatic carbocycles. The van der Waals surface area contributed by atoms with Crippen molar-refractivity contribution in [2.45, 2.75) is 52.1 Å². The Balaban J connectivity index is 0.000000152. The fourth-order valence-corrected chi connectivity index (χ4v) is 4.29. The number of pyridine rings is 2. The first kappa shape index (κ1) is 22.9. The minimum Gasteiger partial charge on any atom is -0.386 e. The molecule has 1 atom stereocenters. The number of rotatable bonds is 5. The maximum absolute atomic E-state index is 9.87. The number of H-pyrrole nitrogens is 1. The minimum atomic E-state index is -0.582. The Bertz CT molecular complexity index is 1400. The highest BCUT2D eigenvalue weighted by molar-refractivity contribution is 5.86. The molecule has 0 aliphatic heterocycles. The van der Waals surface area contributed by atoms with Crippen LogP contribution in [0, 0.1) is 20.8 Å². The molecule has 1 saturated carbocycles. The molecule has 1 aliphatic rings. The molecule has 5 aromatic rings. The van der Waals surface area contributed by atoms with Gasteiger partial charge in [-0.15, -0.1) is 0 Å². The van der Waals surface area contributed by atoms with Crippen LogP contribution >= 0.6 is 0 Å². The van der Waals surface area contributed by atoms with E-state index in [1.165, 1.54) is 18.4 Å². The molecule has 7 heteroatoms. The first-order valence-electron chi connectivity index (χ1n) is 11.9. The summed E-state index contributed by atoms with van der Waals surface area (Å²) in [6.07, 6.45) is 5.83. The third-order valence-electron chi connectivity index (χ3n) is 6.24. The van der Waals surface area contributed by atoms with Crippen LogP contribution in [0.2, 0.25) is 0 Å². The van der Waals surface area contributed by atoms with Crippen molar-refractivity contribution < 1.29 is 9.63 Å². The Hall–Kier alpha value is -3.84. The first-order valence-corrected chi connectivity index (χ1v) is 11.9. The second-order valence-electron chi connectivity index (χ2n) is 9.08. The van der Waals surface area contributed by atoms with Gasteiger partial charge in [-0.2, -0.15) is 0 Å². The van der Waals surface area contributed by atoms with E-state index in [1.54, 1.807) is 12.4 Å². The molecule has 1 unspecified atom stereocenters. The fourth-order valence-electron chi connectivity index (χ4n) is 4.29. The number of aryl methyl sites for hydroxylation is 3. The molecule has 35 heavy (non-hydrogen) atoms. The number of benzene rings is 1. The van der Waals surface area contributed by atoms with Gasteiger partial charge in [0.1, 0.15) is 17.7 Å². The summed E-state index contributed by atoms with van der Waals surface area (Å²) in [6, 6.07) is 15.5. The maximum atomic E-state index is 9.87. The van der Waals surface area contributed by atoms with Gasteiger partial charge < -0.3 is 14.6 Å². The minimum absolute atomic E-state index is 0.498. The molecule has 178 valence electrons. The Morgan fingerprint density at radius 2 is 1.80 bits per heavy atom. The van der Waals surface area contributed by atoms with E-state index in [2.05, 4.69) is 39.2 Å². The molecule has 1 fully saturated rings. The van der Waals surface area contributed by atoms with Crippen molar-refractivity contribution in [1.29, 1.82) is 0 Å². The standard InChI is InChI=1S/C16H17N3O.C12H12N2O/c1-8-6-12(14-9(2)19-20-10(14)3)7-13-15(8)18-16(17-13)11-4-5-11;15-12(11-6-2-4-8-14-11)9-10-5-1-3-7-13-10/h6-7,11H,4-5H2,1-3H3,(H,17,18);1-8,12,15H,9H2. The van der Waals surface area contributed by atoms with Gasteiger partial charge in [0.15, 0.2) is 0 Å². The lowest BCUT2D eigenvalue weighted by Crippen LogP contribution is -2.04. The van der Waals surface area contributed by atoms with Crippen LogP contribution in [0.25, 0.3) is 22.2 Å². The molecule has 0 saturated heterocycles. The van der Waals surface area contributed by atoms with Crippen LogP contribution in [0.5, 0.6) is 0 Å². The zero-order chi connectivity index (χ0) is 24.4. The second-order valence-corrected chi connectivity index (χ2v) is 9.08. The van der Waals surface area contributed by atoms with Gasteiger partial charge in [0.2, 0.25) is 0 Å². The van der Waals surface area contributed by atoms with Gasteiger partial charge in [0, 0.05) is 36.0 Å². The molecule has 1 aliphatic carbocycles. The van der Waals surface area contributed by atoms with Crippen molar-refractivity contribution >= 4 is 11.0 Å². The second kappa shape index (κ2) is 9.80. The summed E-state index contributed by atoms with van der Waals surface area (Å²) in [4.78, 5) is 16.5. The summed E-state index contributed by atoms with van der Waals surface area (Å²) in [5.41, 5.74) is 8.13. The van der Waals surface area contributed by atoms with Crippen LogP contribution < -0.4 is 0 Å². The largest absolute Gasteiger partial charge is 0.386 e. The zero-order valence-corrected chi connectivity index (χ0v) is 20.2. The van der Waals surface area contributed by atoms with E-state index in [1.807, 2.05) is 50.2 Å². The number of imidazole rings is 1. The van der Waals surface area contributed by atoms with Crippen molar-refractivity contribution in [2.24, 2.45) is 0 Å². The summed E-state index contributed by atoms with van der Waals surface area (Å²) >= 11 is 0. The van der Waals surface area contributed by atoms with Gasteiger partial charge in [-0.25, -0.2) is 4.98 Å². The Morgan fingerprint density at radius 3 is 2.43 bits per heavy atom. The summed E-state index contributed by atoms with van der Waals surface area (Å²) in [5.74, 6) is 2.64. The SMILES string of the molecule is Cc1noc(C)c1-c1cc(C)c2nc(C3CC3)[nH]c2c1.OC(Cc1ccccn1)c1ccccn1. The molecule has 4 aromatic heterocycles. The molecule has 7 nitrogen and oxygen atoms in total. The predicted molar refractivity (Wildman–Crippen MR) is 135 cm³/mol. The van der Waals surface area contributed by atoms with Crippen LogP contribution in [0.3, 0.4) is 0 Å². The molecule has 2 N–H and O–H groups in total. The van der Waals surface area contributed by atoms with Gasteiger partial charge in [-0.3, -0.25) is 9.97 Å². The predicted octanol–water partition coefficient (Wildman–Crippen LogP) is 5.77. The molecule has 0 spiro atoms. The lowest BCUT2D eigenvalue weighted by Gasteiger charge is -2.08. The van der Waals surface area contributed by atoms with Gasteiger partial charge in [0.05, 0.1) is 22.4 Å². The average molecular weight is 468 g/mol. The number of aliphatic hydroxyl groups excluding tert-OH is 1. The van der Waals surface area contributed by atoms with E-state index in [9.17, 15) is 5.11 Å². The lowest BCUT2D eigenvalue weighted by molar-refractivity contribution is 0.172. The summed E-state index contributed by atoms with van der Waals surface area (Å²) in [7, 11) is 0. The number of aromatic nitrogens is 5. The maximum Gasteiger partial charge on any atom is 0.141 e. The monoisotopic (exact) mass is 467 g/mol. The van der Waals surface area contributed by atoms with Crippen molar-refractivity contribution in [2.75, 3.05) is 0 Å². The first-order chi connectivity index (χ1) is 17.0. The number of nitrogens with zero attached hydrogens (tertiary/aromatic N) is 4. The fraction of sp³-hybridized carbons (Fsp3) is 0.286. The van der Waals surface area contributed by atoms with E-state index >= 15 is 0 Å². The third kappa shape index (κ3) is 5.15. The van der Waals surface area contributed by atoms with E-state index in [0.717, 1.165) is 45.1 Å². The van der Waals surface area contributed by atoms with Gasteiger partial charge in [0.25, 0.3) is 0 Å². The average Bonchev–Trinajstić information content (AvgIpc) is 3.54. The Morgan fingerprint density at radius 1 is 1.03 bits per heavy atom. The third-order valence-corrected chi connectivity index (χ3v) is 6.24. The smallest absolute Gasteiger partial charge is 0.141 e. The van der Waals surface area contributed by atoms with Crippen LogP contribution in [0.15, 0.2) is 65.4 Å². The molecular formula is C28H29N5O2. The van der Waals surface area contributed by atoms with Crippen molar-refractivity contribution in [3.63, 3.8) is 0 Å². The van der Waals surface area contributed by atoms with E-state index in [-0.39, 0.29) is 0 Å². The molecule has 0 amide bonds. The van der Waals surface area contributed by atoms with E-state index < -0.39 is 6.10 Å². The molecular weight excluding hydrogens is 438 g/mol. The van der Waals surface area contributed by atoms with E-state index in [4.69, 9.17) is 9.51 Å². The van der Waals surface area contributed by atoms with Crippen LogP contribution in [0.4, 0.5) is 0 Å². The normalized spacial score (nSPS) is 13.9. The summed E-state index contributed by atoms with van der Waals surface area (Å²) < 4.78 is 5.28. The van der Waals surface area contributed by atoms with Crippen LogP contribution in [-0.2, 0) is 6.42 Å². The highest BCUT2D eigenvalue weighted by Crippen LogP contribution is 2.40. The Kier molecular flexibility index (Phi) is 6.42. The Labute approximate surface area is 204 Å². The molecule has 6 rings (SSSR count). The van der Waals surface area contributed by atoms with Gasteiger partial charge >= 0.3 is 0 Å². The van der Waals surface area contributed by atoms with Gasteiger partial charge in [-0.1, -0.05) is 17.3 Å². The van der Waals surface area contributed by atoms with Gasteiger partial charge in [-0.05, 0) is 81.1 Å². The molecule has 4 heterocycles. The van der Waals surface area contributed by atoms with Crippen LogP contribution in [-0.4, -0.2) is 30.2 Å².